The highest BCUT2D eigenvalue weighted by Crippen LogP contribution is 2.25. The van der Waals surface area contributed by atoms with E-state index in [1.54, 1.807) is 6.33 Å². The van der Waals surface area contributed by atoms with Crippen LogP contribution < -0.4 is 11.3 Å². The average molecular weight is 231 g/mol. The highest BCUT2D eigenvalue weighted by atomic mass is 16.1. The van der Waals surface area contributed by atoms with E-state index in [-0.39, 0.29) is 11.5 Å². The largest absolute Gasteiger partial charge is 0.369 e. The maximum atomic E-state index is 11.6. The molecule has 6 nitrogen and oxygen atoms in total. The van der Waals surface area contributed by atoms with Gasteiger partial charge in [-0.1, -0.05) is 12.2 Å². The number of rotatable bonds is 1. The van der Waals surface area contributed by atoms with Crippen LogP contribution in [0.3, 0.4) is 0 Å². The van der Waals surface area contributed by atoms with Crippen LogP contribution in [0, 0.1) is 0 Å². The van der Waals surface area contributed by atoms with E-state index in [9.17, 15) is 4.79 Å². The van der Waals surface area contributed by atoms with Gasteiger partial charge in [-0.2, -0.15) is 4.98 Å². The van der Waals surface area contributed by atoms with Gasteiger partial charge in [0.05, 0.1) is 6.33 Å². The molecular weight excluding hydrogens is 218 g/mol. The van der Waals surface area contributed by atoms with Gasteiger partial charge in [-0.15, -0.1) is 0 Å². The number of hydrogen-bond donors (Lipinski definition) is 2. The van der Waals surface area contributed by atoms with Gasteiger partial charge in [0, 0.05) is 6.04 Å². The minimum Gasteiger partial charge on any atom is -0.369 e. The molecule has 88 valence electrons. The molecule has 1 aliphatic rings. The molecule has 2 aromatic heterocycles. The Balaban J connectivity index is 2.17. The molecule has 2 heterocycles. The molecule has 2 aromatic rings. The summed E-state index contributed by atoms with van der Waals surface area (Å²) in [6, 6.07) is 0.318. The quantitative estimate of drug-likeness (QED) is 0.716. The van der Waals surface area contributed by atoms with Crippen LogP contribution in [0.4, 0.5) is 5.95 Å². The number of nitrogen functional groups attached to an aromatic ring is 1. The minimum absolute atomic E-state index is 0.135. The SMILES string of the molecule is Nc1nc2c(ncn2C2CC=CCC2)c(=O)[nH]1. The molecule has 0 spiro atoms. The molecule has 6 heteroatoms. The first kappa shape index (κ1) is 10.1. The fourth-order valence-electron chi connectivity index (χ4n) is 2.24. The number of hydrogen-bond acceptors (Lipinski definition) is 4. The maximum absolute atomic E-state index is 11.6. The first-order chi connectivity index (χ1) is 8.25. The van der Waals surface area contributed by atoms with Gasteiger partial charge in [-0.25, -0.2) is 4.98 Å². The van der Waals surface area contributed by atoms with E-state index >= 15 is 0 Å². The molecule has 3 N–H and O–H groups in total. The standard InChI is InChI=1S/C11H13N5O/c12-11-14-9-8(10(17)15-11)13-6-16(9)7-4-2-1-3-5-7/h1-2,6-7H,3-5H2,(H3,12,14,15,17). The number of fused-ring (bicyclic) bond motifs is 1. The van der Waals surface area contributed by atoms with Gasteiger partial charge in [-0.3, -0.25) is 9.78 Å². The van der Waals surface area contributed by atoms with Gasteiger partial charge >= 0.3 is 0 Å². The molecule has 0 fully saturated rings. The lowest BCUT2D eigenvalue weighted by Gasteiger charge is -2.19. The Morgan fingerprint density at radius 2 is 2.35 bits per heavy atom. The molecule has 0 bridgehead atoms. The summed E-state index contributed by atoms with van der Waals surface area (Å²) >= 11 is 0. The zero-order valence-electron chi connectivity index (χ0n) is 9.26. The van der Waals surface area contributed by atoms with Crippen molar-refractivity contribution in [3.63, 3.8) is 0 Å². The summed E-state index contributed by atoms with van der Waals surface area (Å²) < 4.78 is 1.95. The highest BCUT2D eigenvalue weighted by Gasteiger charge is 2.17. The smallest absolute Gasteiger partial charge is 0.280 e. The second-order valence-corrected chi connectivity index (χ2v) is 4.21. The van der Waals surface area contributed by atoms with Crippen LogP contribution in [0.25, 0.3) is 11.2 Å². The molecule has 0 radical (unpaired) electrons. The first-order valence-electron chi connectivity index (χ1n) is 5.63. The molecular formula is C11H13N5O. The van der Waals surface area contributed by atoms with Crippen molar-refractivity contribution in [2.75, 3.05) is 5.73 Å². The van der Waals surface area contributed by atoms with Crippen molar-refractivity contribution < 1.29 is 0 Å². The summed E-state index contributed by atoms with van der Waals surface area (Å²) in [5, 5.41) is 0. The van der Waals surface area contributed by atoms with E-state index in [1.807, 2.05) is 4.57 Å². The number of aromatic amines is 1. The third-order valence-electron chi connectivity index (χ3n) is 3.09. The molecule has 3 rings (SSSR count). The van der Waals surface area contributed by atoms with Crippen LogP contribution in [0.15, 0.2) is 23.3 Å². The Morgan fingerprint density at radius 3 is 3.12 bits per heavy atom. The molecule has 0 saturated heterocycles. The predicted octanol–water partition coefficient (Wildman–Crippen LogP) is 0.983. The van der Waals surface area contributed by atoms with Gasteiger partial charge in [0.1, 0.15) is 0 Å². The topological polar surface area (TPSA) is 89.6 Å². The molecule has 0 aromatic carbocycles. The predicted molar refractivity (Wildman–Crippen MR) is 64.6 cm³/mol. The van der Waals surface area contributed by atoms with Crippen LogP contribution in [0.1, 0.15) is 25.3 Å². The van der Waals surface area contributed by atoms with Crippen molar-refractivity contribution in [3.8, 4) is 0 Å². The van der Waals surface area contributed by atoms with E-state index in [1.165, 1.54) is 0 Å². The summed E-state index contributed by atoms with van der Waals surface area (Å²) in [5.74, 6) is 0.135. The van der Waals surface area contributed by atoms with Crippen molar-refractivity contribution in [1.82, 2.24) is 19.5 Å². The molecule has 1 aliphatic carbocycles. The van der Waals surface area contributed by atoms with Crippen LogP contribution in [0.2, 0.25) is 0 Å². The normalized spacial score (nSPS) is 19.9. The van der Waals surface area contributed by atoms with E-state index in [2.05, 4.69) is 27.1 Å². The maximum Gasteiger partial charge on any atom is 0.280 e. The molecule has 1 unspecified atom stereocenters. The summed E-state index contributed by atoms with van der Waals surface area (Å²) in [6.07, 6.45) is 9.02. The van der Waals surface area contributed by atoms with E-state index < -0.39 is 0 Å². The number of allylic oxidation sites excluding steroid dienone is 2. The van der Waals surface area contributed by atoms with Crippen molar-refractivity contribution in [2.45, 2.75) is 25.3 Å². The van der Waals surface area contributed by atoms with Gasteiger partial charge < -0.3 is 10.3 Å². The fraction of sp³-hybridized carbons (Fsp3) is 0.364. The lowest BCUT2D eigenvalue weighted by Crippen LogP contribution is -2.14. The Labute approximate surface area is 97.2 Å². The van der Waals surface area contributed by atoms with Crippen LogP contribution >= 0.6 is 0 Å². The van der Waals surface area contributed by atoms with Crippen molar-refractivity contribution >= 4 is 17.1 Å². The molecule has 0 aliphatic heterocycles. The molecule has 1 atom stereocenters. The Morgan fingerprint density at radius 1 is 1.47 bits per heavy atom. The Hall–Kier alpha value is -2.11. The van der Waals surface area contributed by atoms with E-state index in [0.717, 1.165) is 19.3 Å². The number of nitrogens with two attached hydrogens (primary N) is 1. The van der Waals surface area contributed by atoms with Crippen molar-refractivity contribution in [1.29, 1.82) is 0 Å². The summed E-state index contributed by atoms with van der Waals surface area (Å²) in [6.45, 7) is 0. The summed E-state index contributed by atoms with van der Waals surface area (Å²) in [5.41, 5.74) is 6.21. The van der Waals surface area contributed by atoms with E-state index in [0.29, 0.717) is 17.2 Å². The van der Waals surface area contributed by atoms with E-state index in [4.69, 9.17) is 5.73 Å². The lowest BCUT2D eigenvalue weighted by molar-refractivity contribution is 0.469. The highest BCUT2D eigenvalue weighted by molar-refractivity contribution is 5.70. The Kier molecular flexibility index (Phi) is 2.21. The fourth-order valence-corrected chi connectivity index (χ4v) is 2.24. The minimum atomic E-state index is -0.280. The van der Waals surface area contributed by atoms with Crippen LogP contribution in [-0.2, 0) is 0 Å². The van der Waals surface area contributed by atoms with Gasteiger partial charge in [-0.05, 0) is 19.3 Å². The third kappa shape index (κ3) is 1.61. The first-order valence-corrected chi connectivity index (χ1v) is 5.63. The van der Waals surface area contributed by atoms with Crippen molar-refractivity contribution in [3.05, 3.63) is 28.8 Å². The number of aromatic nitrogens is 4. The third-order valence-corrected chi connectivity index (χ3v) is 3.09. The number of nitrogens with zero attached hydrogens (tertiary/aromatic N) is 3. The average Bonchev–Trinajstić information content (AvgIpc) is 2.74. The summed E-state index contributed by atoms with van der Waals surface area (Å²) in [7, 11) is 0. The van der Waals surface area contributed by atoms with Crippen molar-refractivity contribution in [2.24, 2.45) is 0 Å². The Bertz CT molecular complexity index is 639. The summed E-state index contributed by atoms with van der Waals surface area (Å²) in [4.78, 5) is 22.4. The van der Waals surface area contributed by atoms with Crippen LogP contribution in [0.5, 0.6) is 0 Å². The number of nitrogens with one attached hydrogen (secondary N) is 1. The van der Waals surface area contributed by atoms with Crippen LogP contribution in [-0.4, -0.2) is 19.5 Å². The second kappa shape index (κ2) is 3.73. The molecule has 0 saturated carbocycles. The van der Waals surface area contributed by atoms with Gasteiger partial charge in [0.25, 0.3) is 5.56 Å². The number of anilines is 1. The monoisotopic (exact) mass is 231 g/mol. The molecule has 17 heavy (non-hydrogen) atoms. The second-order valence-electron chi connectivity index (χ2n) is 4.21. The lowest BCUT2D eigenvalue weighted by atomic mass is 10.0. The molecule has 0 amide bonds. The zero-order valence-corrected chi connectivity index (χ0v) is 9.26. The zero-order chi connectivity index (χ0) is 11.8. The van der Waals surface area contributed by atoms with Gasteiger partial charge in [0.2, 0.25) is 5.95 Å². The van der Waals surface area contributed by atoms with Gasteiger partial charge in [0.15, 0.2) is 11.2 Å². The number of H-pyrrole nitrogens is 1. The number of imidazole rings is 1.